The highest BCUT2D eigenvalue weighted by atomic mass is 16.4. The molecule has 1 aliphatic carbocycles. The van der Waals surface area contributed by atoms with Crippen LogP contribution in [0.25, 0.3) is 0 Å². The van der Waals surface area contributed by atoms with Crippen molar-refractivity contribution < 1.29 is 15.3 Å². The van der Waals surface area contributed by atoms with Crippen LogP contribution in [0.1, 0.15) is 68.5 Å². The lowest BCUT2D eigenvalue weighted by Gasteiger charge is -2.42. The van der Waals surface area contributed by atoms with E-state index in [1.54, 1.807) is 12.1 Å². The number of rotatable bonds is 3. The molecule has 0 aliphatic heterocycles. The Morgan fingerprint density at radius 3 is 2.11 bits per heavy atom. The van der Waals surface area contributed by atoms with Crippen LogP contribution in [0.2, 0.25) is 0 Å². The first-order valence-corrected chi connectivity index (χ1v) is 9.27. The van der Waals surface area contributed by atoms with E-state index in [9.17, 15) is 15.3 Å². The summed E-state index contributed by atoms with van der Waals surface area (Å²) in [4.78, 5) is 4.25. The number of oxime groups is 1. The average molecular weight is 366 g/mol. The number of nitrogens with zero attached hydrogens (tertiary/aromatic N) is 2. The molecule has 0 spiro atoms. The molecule has 27 heavy (non-hydrogen) atoms. The third-order valence-electron chi connectivity index (χ3n) is 5.88. The van der Waals surface area contributed by atoms with E-state index in [0.29, 0.717) is 16.9 Å². The van der Waals surface area contributed by atoms with Crippen molar-refractivity contribution in [3.8, 4) is 0 Å². The van der Waals surface area contributed by atoms with Gasteiger partial charge in [0.05, 0.1) is 5.69 Å². The van der Waals surface area contributed by atoms with Gasteiger partial charge in [-0.05, 0) is 59.4 Å². The quantitative estimate of drug-likeness (QED) is 0.337. The highest BCUT2D eigenvalue weighted by molar-refractivity contribution is 6.58. The Bertz CT molecular complexity index is 887. The number of hydrogen-bond acceptors (Lipinski definition) is 5. The lowest BCUT2D eigenvalue weighted by Crippen LogP contribution is -2.34. The van der Waals surface area contributed by atoms with Crippen LogP contribution in [0, 0.1) is 6.92 Å². The molecule has 0 amide bonds. The SMILES string of the molecule is Cc1cc2c(cc1/C(=N/O)c1ccc(B(O)O)cn1)C(C)(C)CCC2(C)C. The molecule has 0 unspecified atom stereocenters. The summed E-state index contributed by atoms with van der Waals surface area (Å²) >= 11 is 0. The molecule has 3 rings (SSSR count). The van der Waals surface area contributed by atoms with Gasteiger partial charge in [0.25, 0.3) is 0 Å². The smallest absolute Gasteiger partial charge is 0.423 e. The van der Waals surface area contributed by atoms with Gasteiger partial charge in [-0.1, -0.05) is 45.0 Å². The summed E-state index contributed by atoms with van der Waals surface area (Å²) in [7, 11) is -1.57. The minimum absolute atomic E-state index is 0.0478. The van der Waals surface area contributed by atoms with Gasteiger partial charge in [-0.2, -0.15) is 0 Å². The van der Waals surface area contributed by atoms with Crippen LogP contribution in [0.5, 0.6) is 0 Å². The van der Waals surface area contributed by atoms with E-state index in [-0.39, 0.29) is 10.8 Å². The minimum atomic E-state index is -1.57. The predicted octanol–water partition coefficient (Wildman–Crippen LogP) is 2.65. The van der Waals surface area contributed by atoms with Crippen molar-refractivity contribution in [3.63, 3.8) is 0 Å². The maximum Gasteiger partial charge on any atom is 0.490 e. The molecule has 6 heteroatoms. The molecule has 1 aromatic heterocycles. The fourth-order valence-corrected chi connectivity index (χ4v) is 3.92. The molecule has 1 heterocycles. The van der Waals surface area contributed by atoms with E-state index in [4.69, 9.17) is 0 Å². The Kier molecular flexibility index (Phi) is 4.91. The zero-order valence-electron chi connectivity index (χ0n) is 16.6. The number of aromatic nitrogens is 1. The first-order chi connectivity index (χ1) is 12.6. The zero-order chi connectivity index (χ0) is 20.0. The maximum atomic E-state index is 9.72. The van der Waals surface area contributed by atoms with Crippen molar-refractivity contribution in [1.29, 1.82) is 0 Å². The number of fused-ring (bicyclic) bond motifs is 1. The molecule has 1 aliphatic rings. The van der Waals surface area contributed by atoms with Gasteiger partial charge in [0.1, 0.15) is 5.71 Å². The van der Waals surface area contributed by atoms with Gasteiger partial charge in [0.15, 0.2) is 0 Å². The molecule has 2 aromatic rings. The predicted molar refractivity (Wildman–Crippen MR) is 108 cm³/mol. The lowest BCUT2D eigenvalue weighted by atomic mass is 9.62. The first kappa shape index (κ1) is 19.6. The van der Waals surface area contributed by atoms with E-state index in [2.05, 4.69) is 50.0 Å². The summed E-state index contributed by atoms with van der Waals surface area (Å²) in [6.45, 7) is 11.1. The molecule has 1 aromatic carbocycles. The van der Waals surface area contributed by atoms with E-state index in [0.717, 1.165) is 24.0 Å². The van der Waals surface area contributed by atoms with Gasteiger partial charge in [-0.15, -0.1) is 0 Å². The largest absolute Gasteiger partial charge is 0.490 e. The van der Waals surface area contributed by atoms with Crippen LogP contribution >= 0.6 is 0 Å². The summed E-state index contributed by atoms with van der Waals surface area (Å²) in [5.41, 5.74) is 5.82. The van der Waals surface area contributed by atoms with Crippen molar-refractivity contribution in [2.45, 2.75) is 58.3 Å². The van der Waals surface area contributed by atoms with Crippen LogP contribution in [-0.2, 0) is 10.8 Å². The summed E-state index contributed by atoms with van der Waals surface area (Å²) in [6.07, 6.45) is 3.62. The van der Waals surface area contributed by atoms with Crippen LogP contribution in [0.3, 0.4) is 0 Å². The molecule has 0 atom stereocenters. The van der Waals surface area contributed by atoms with Gasteiger partial charge in [0, 0.05) is 17.2 Å². The van der Waals surface area contributed by atoms with E-state index < -0.39 is 7.12 Å². The Hall–Kier alpha value is -2.18. The number of benzene rings is 1. The molecule has 0 radical (unpaired) electrons. The molecular formula is C21H27BN2O3. The molecular weight excluding hydrogens is 339 g/mol. The fourth-order valence-electron chi connectivity index (χ4n) is 3.92. The van der Waals surface area contributed by atoms with Crippen LogP contribution < -0.4 is 5.46 Å². The van der Waals surface area contributed by atoms with Gasteiger partial charge in [-0.25, -0.2) is 0 Å². The topological polar surface area (TPSA) is 85.9 Å². The van der Waals surface area contributed by atoms with Crippen LogP contribution in [-0.4, -0.2) is 33.1 Å². The second-order valence-corrected chi connectivity index (χ2v) is 8.78. The summed E-state index contributed by atoms with van der Waals surface area (Å²) in [6, 6.07) is 7.55. The summed E-state index contributed by atoms with van der Waals surface area (Å²) in [5.74, 6) is 0. The van der Waals surface area contributed by atoms with E-state index in [1.165, 1.54) is 17.3 Å². The van der Waals surface area contributed by atoms with Crippen molar-refractivity contribution in [1.82, 2.24) is 4.98 Å². The highest BCUT2D eigenvalue weighted by Crippen LogP contribution is 2.46. The highest BCUT2D eigenvalue weighted by Gasteiger charge is 2.37. The number of aryl methyl sites for hydroxylation is 1. The summed E-state index contributed by atoms with van der Waals surface area (Å²) in [5, 5.41) is 31.7. The van der Waals surface area contributed by atoms with E-state index in [1.807, 2.05) is 6.92 Å². The van der Waals surface area contributed by atoms with Crippen molar-refractivity contribution in [3.05, 3.63) is 58.4 Å². The molecule has 0 saturated carbocycles. The molecule has 142 valence electrons. The van der Waals surface area contributed by atoms with Crippen molar-refractivity contribution in [2.24, 2.45) is 5.16 Å². The third-order valence-corrected chi connectivity index (χ3v) is 5.88. The van der Waals surface area contributed by atoms with Crippen LogP contribution in [0.15, 0.2) is 35.6 Å². The van der Waals surface area contributed by atoms with Gasteiger partial charge >= 0.3 is 7.12 Å². The second-order valence-electron chi connectivity index (χ2n) is 8.78. The van der Waals surface area contributed by atoms with Crippen molar-refractivity contribution in [2.75, 3.05) is 0 Å². The molecule has 0 bridgehead atoms. The van der Waals surface area contributed by atoms with Gasteiger partial charge < -0.3 is 15.3 Å². The monoisotopic (exact) mass is 366 g/mol. The number of pyridine rings is 1. The summed E-state index contributed by atoms with van der Waals surface area (Å²) < 4.78 is 0. The molecule has 5 nitrogen and oxygen atoms in total. The lowest BCUT2D eigenvalue weighted by molar-refractivity contribution is 0.319. The maximum absolute atomic E-state index is 9.72. The minimum Gasteiger partial charge on any atom is -0.423 e. The normalized spacial score (nSPS) is 18.1. The fraction of sp³-hybridized carbons (Fsp3) is 0.429. The Balaban J connectivity index is 2.13. The second kappa shape index (κ2) is 6.77. The average Bonchev–Trinajstić information content (AvgIpc) is 2.61. The van der Waals surface area contributed by atoms with Gasteiger partial charge in [-0.3, -0.25) is 4.98 Å². The standard InChI is InChI=1S/C21H27BN2O3/c1-13-10-16-17(21(4,5)9-8-20(16,2)3)11-15(13)19(24-27)18-7-6-14(12-23-18)22(25)26/h6-7,10-12,25-27H,8-9H2,1-5H3/b24-19-. The van der Waals surface area contributed by atoms with Crippen LogP contribution in [0.4, 0.5) is 0 Å². The molecule has 0 saturated heterocycles. The first-order valence-electron chi connectivity index (χ1n) is 9.27. The third kappa shape index (κ3) is 3.51. The molecule has 3 N–H and O–H groups in total. The van der Waals surface area contributed by atoms with E-state index >= 15 is 0 Å². The Morgan fingerprint density at radius 2 is 1.63 bits per heavy atom. The zero-order valence-corrected chi connectivity index (χ0v) is 16.6. The van der Waals surface area contributed by atoms with Gasteiger partial charge in [0.2, 0.25) is 0 Å². The Labute approximate surface area is 160 Å². The Morgan fingerprint density at radius 1 is 1.04 bits per heavy atom. The van der Waals surface area contributed by atoms with Crippen molar-refractivity contribution >= 4 is 18.3 Å². The number of hydrogen-bond donors (Lipinski definition) is 3. The molecule has 0 fully saturated rings.